The maximum atomic E-state index is 14.0. The van der Waals surface area contributed by atoms with Gasteiger partial charge in [-0.1, -0.05) is 62.9 Å². The van der Waals surface area contributed by atoms with Crippen LogP contribution in [0.15, 0.2) is 42.5 Å². The molecule has 0 radical (unpaired) electrons. The molecule has 0 spiro atoms. The van der Waals surface area contributed by atoms with Crippen LogP contribution in [0, 0.1) is 5.82 Å². The van der Waals surface area contributed by atoms with Gasteiger partial charge in [-0.15, -0.1) is 0 Å². The molecule has 0 fully saturated rings. The predicted octanol–water partition coefficient (Wildman–Crippen LogP) is 6.23. The molecule has 0 bridgehead atoms. The van der Waals surface area contributed by atoms with E-state index in [-0.39, 0.29) is 0 Å². The van der Waals surface area contributed by atoms with E-state index < -0.39 is 27.2 Å². The molecule has 0 heterocycles. The predicted molar refractivity (Wildman–Crippen MR) is 99.9 cm³/mol. The Bertz CT molecular complexity index is 875. The van der Waals surface area contributed by atoms with Crippen LogP contribution in [0.1, 0.15) is 44.6 Å². The number of benzene rings is 2. The van der Waals surface area contributed by atoms with E-state index in [1.807, 2.05) is 12.1 Å². The molecule has 0 aliphatic heterocycles. The van der Waals surface area contributed by atoms with Crippen LogP contribution in [0.25, 0.3) is 11.1 Å². The molecule has 0 amide bonds. The second kappa shape index (κ2) is 9.41. The van der Waals surface area contributed by atoms with Gasteiger partial charge in [-0.25, -0.2) is 4.39 Å². The second-order valence-corrected chi connectivity index (χ2v) is 8.03. The highest BCUT2D eigenvalue weighted by molar-refractivity contribution is 7.88. The monoisotopic (exact) mass is 418 g/mol. The van der Waals surface area contributed by atoms with Crippen molar-refractivity contribution < 1.29 is 30.2 Å². The first-order valence-electron chi connectivity index (χ1n) is 9.03. The minimum atomic E-state index is -5.91. The first-order chi connectivity index (χ1) is 13.1. The Balaban J connectivity index is 2.05. The van der Waals surface area contributed by atoms with Gasteiger partial charge in [0.1, 0.15) is 0 Å². The highest BCUT2D eigenvalue weighted by atomic mass is 32.2. The fourth-order valence-electron chi connectivity index (χ4n) is 2.71. The van der Waals surface area contributed by atoms with Gasteiger partial charge >= 0.3 is 15.6 Å². The zero-order valence-electron chi connectivity index (χ0n) is 15.4. The van der Waals surface area contributed by atoms with Crippen molar-refractivity contribution in [2.24, 2.45) is 0 Å². The molecule has 0 saturated heterocycles. The molecular formula is C20H22F4O3S. The van der Waals surface area contributed by atoms with Crippen molar-refractivity contribution in [1.82, 2.24) is 0 Å². The van der Waals surface area contributed by atoms with Crippen molar-refractivity contribution in [1.29, 1.82) is 0 Å². The Morgan fingerprint density at radius 1 is 0.893 bits per heavy atom. The van der Waals surface area contributed by atoms with Gasteiger partial charge < -0.3 is 4.18 Å². The zero-order chi connectivity index (χ0) is 20.8. The highest BCUT2D eigenvalue weighted by Crippen LogP contribution is 2.31. The summed E-state index contributed by atoms with van der Waals surface area (Å²) in [5, 5.41) is 0. The molecule has 2 rings (SSSR count). The van der Waals surface area contributed by atoms with Gasteiger partial charge in [-0.3, -0.25) is 0 Å². The van der Waals surface area contributed by atoms with E-state index >= 15 is 0 Å². The summed E-state index contributed by atoms with van der Waals surface area (Å²) in [4.78, 5) is 0. The fraction of sp³-hybridized carbons (Fsp3) is 0.400. The van der Waals surface area contributed by atoms with Crippen molar-refractivity contribution in [3.05, 3.63) is 53.8 Å². The quantitative estimate of drug-likeness (QED) is 0.210. The second-order valence-electron chi connectivity index (χ2n) is 6.49. The van der Waals surface area contributed by atoms with E-state index in [2.05, 4.69) is 11.1 Å². The molecule has 0 aromatic heterocycles. The normalized spacial score (nSPS) is 12.2. The maximum absolute atomic E-state index is 14.0. The van der Waals surface area contributed by atoms with Crippen molar-refractivity contribution in [2.45, 2.75) is 51.0 Å². The average molecular weight is 418 g/mol. The summed E-state index contributed by atoms with van der Waals surface area (Å²) in [6, 6.07) is 10.6. The molecule has 2 aromatic carbocycles. The van der Waals surface area contributed by atoms with Crippen molar-refractivity contribution in [2.75, 3.05) is 0 Å². The maximum Gasteiger partial charge on any atom is 0.534 e. The SMILES string of the molecule is CCCCCCCc1ccc(-c2ccc(OS(=O)(=O)C(F)(F)F)c(F)c2)cc1. The molecule has 0 aliphatic rings. The van der Waals surface area contributed by atoms with Gasteiger partial charge in [-0.2, -0.15) is 21.6 Å². The molecule has 0 atom stereocenters. The number of rotatable bonds is 9. The Morgan fingerprint density at radius 3 is 2.07 bits per heavy atom. The lowest BCUT2D eigenvalue weighted by Crippen LogP contribution is -2.28. The van der Waals surface area contributed by atoms with Crippen LogP contribution in [0.3, 0.4) is 0 Å². The Labute approximate surface area is 162 Å². The molecule has 0 unspecified atom stereocenters. The summed E-state index contributed by atoms with van der Waals surface area (Å²) >= 11 is 0. The first kappa shape index (κ1) is 22.2. The van der Waals surface area contributed by atoms with E-state index in [0.717, 1.165) is 30.5 Å². The van der Waals surface area contributed by atoms with Crippen LogP contribution in [0.4, 0.5) is 17.6 Å². The lowest BCUT2D eigenvalue weighted by atomic mass is 10.0. The summed E-state index contributed by atoms with van der Waals surface area (Å²) in [6.07, 6.45) is 6.84. The standard InChI is InChI=1S/C20H22F4O3S/c1-2-3-4-5-6-7-15-8-10-16(11-9-15)17-12-13-19(18(21)14-17)27-28(25,26)20(22,23)24/h8-14H,2-7H2,1H3. The number of alkyl halides is 3. The van der Waals surface area contributed by atoms with E-state index in [1.54, 1.807) is 12.1 Å². The van der Waals surface area contributed by atoms with Crippen molar-refractivity contribution in [3.63, 3.8) is 0 Å². The minimum Gasteiger partial charge on any atom is -0.373 e. The number of hydrogen-bond donors (Lipinski definition) is 0. The molecule has 8 heteroatoms. The third kappa shape index (κ3) is 5.95. The molecule has 3 nitrogen and oxygen atoms in total. The van der Waals surface area contributed by atoms with Gasteiger partial charge in [0.25, 0.3) is 0 Å². The van der Waals surface area contributed by atoms with Crippen molar-refractivity contribution in [3.8, 4) is 16.9 Å². The lowest BCUT2D eigenvalue weighted by molar-refractivity contribution is -0.0500. The third-order valence-electron chi connectivity index (χ3n) is 4.27. The Kier molecular flexibility index (Phi) is 7.46. The van der Waals surface area contributed by atoms with Crippen LogP contribution >= 0.6 is 0 Å². The van der Waals surface area contributed by atoms with Gasteiger partial charge in [0, 0.05) is 0 Å². The molecule has 0 N–H and O–H groups in total. The largest absolute Gasteiger partial charge is 0.534 e. The Morgan fingerprint density at radius 2 is 1.50 bits per heavy atom. The highest BCUT2D eigenvalue weighted by Gasteiger charge is 2.48. The number of unbranched alkanes of at least 4 members (excludes halogenated alkanes) is 4. The summed E-state index contributed by atoms with van der Waals surface area (Å²) < 4.78 is 76.9. The van der Waals surface area contributed by atoms with Crippen molar-refractivity contribution >= 4 is 10.1 Å². The number of hydrogen-bond acceptors (Lipinski definition) is 3. The lowest BCUT2D eigenvalue weighted by Gasteiger charge is -2.11. The van der Waals surface area contributed by atoms with E-state index in [4.69, 9.17) is 0 Å². The topological polar surface area (TPSA) is 43.4 Å². The van der Waals surface area contributed by atoms with E-state index in [0.29, 0.717) is 11.1 Å². The molecular weight excluding hydrogens is 396 g/mol. The average Bonchev–Trinajstić information content (AvgIpc) is 2.63. The number of halogens is 4. The van der Waals surface area contributed by atoms with Crippen LogP contribution < -0.4 is 4.18 Å². The number of aryl methyl sites for hydroxylation is 1. The third-order valence-corrected chi connectivity index (χ3v) is 5.24. The molecule has 2 aromatic rings. The van der Waals surface area contributed by atoms with Crippen LogP contribution in [-0.4, -0.2) is 13.9 Å². The first-order valence-corrected chi connectivity index (χ1v) is 10.4. The fourth-order valence-corrected chi connectivity index (χ4v) is 3.18. The summed E-state index contributed by atoms with van der Waals surface area (Å²) in [5.41, 5.74) is -3.40. The van der Waals surface area contributed by atoms with Gasteiger partial charge in [0.15, 0.2) is 11.6 Å². The molecule has 154 valence electrons. The van der Waals surface area contributed by atoms with Gasteiger partial charge in [-0.05, 0) is 41.7 Å². The van der Waals surface area contributed by atoms with E-state index in [1.165, 1.54) is 31.7 Å². The van der Waals surface area contributed by atoms with Crippen LogP contribution in [-0.2, 0) is 16.5 Å². The smallest absolute Gasteiger partial charge is 0.373 e. The van der Waals surface area contributed by atoms with E-state index in [9.17, 15) is 26.0 Å². The van der Waals surface area contributed by atoms with Gasteiger partial charge in [0.2, 0.25) is 0 Å². The zero-order valence-corrected chi connectivity index (χ0v) is 16.2. The molecule has 28 heavy (non-hydrogen) atoms. The van der Waals surface area contributed by atoms with Gasteiger partial charge in [0.05, 0.1) is 0 Å². The van der Waals surface area contributed by atoms with Crippen LogP contribution in [0.5, 0.6) is 5.75 Å². The molecule has 0 saturated carbocycles. The summed E-state index contributed by atoms with van der Waals surface area (Å²) in [7, 11) is -5.91. The minimum absolute atomic E-state index is 0.406. The summed E-state index contributed by atoms with van der Waals surface area (Å²) in [6.45, 7) is 2.16. The molecule has 0 aliphatic carbocycles. The summed E-state index contributed by atoms with van der Waals surface area (Å²) in [5.74, 6) is -2.19. The Hall–Kier alpha value is -2.09. The van der Waals surface area contributed by atoms with Crippen LogP contribution in [0.2, 0.25) is 0 Å².